The number of fused-ring (bicyclic) bond motifs is 1. The highest BCUT2D eigenvalue weighted by molar-refractivity contribution is 6.00. The second kappa shape index (κ2) is 7.08. The van der Waals surface area contributed by atoms with E-state index in [2.05, 4.69) is 40.7 Å². The molecule has 3 aliphatic rings. The van der Waals surface area contributed by atoms with Crippen LogP contribution in [0.4, 0.5) is 5.69 Å². The monoisotopic (exact) mass is 338 g/mol. The van der Waals surface area contributed by atoms with Crippen molar-refractivity contribution in [3.8, 4) is 0 Å². The predicted octanol–water partition coefficient (Wildman–Crippen LogP) is 2.71. The van der Waals surface area contributed by atoms with E-state index in [1.54, 1.807) is 0 Å². The maximum absolute atomic E-state index is 13.0. The van der Waals surface area contributed by atoms with Crippen LogP contribution in [0, 0.1) is 6.67 Å². The summed E-state index contributed by atoms with van der Waals surface area (Å²) in [5.74, 6) is 0.250. The van der Waals surface area contributed by atoms with E-state index < -0.39 is 0 Å². The van der Waals surface area contributed by atoms with Crippen LogP contribution in [-0.4, -0.2) is 52.4 Å². The van der Waals surface area contributed by atoms with Gasteiger partial charge in [-0.25, -0.2) is 0 Å². The van der Waals surface area contributed by atoms with Crippen LogP contribution in [0.25, 0.3) is 0 Å². The third-order valence-electron chi connectivity index (χ3n) is 5.33. The standard InChI is InChI=1S/C20H26N4O/c1-2-3-11-21-13-14-22(16-21)15-19-23-12-7-10-18(23)20(25)24(19)17-8-5-4-6-9-17/h4-6,8-9,13-14,18-19H,2-3,7,10-12,15H2,1H3/t18-,19+/m0/s1. The highest BCUT2D eigenvalue weighted by Crippen LogP contribution is 2.35. The molecule has 25 heavy (non-hydrogen) atoms. The van der Waals surface area contributed by atoms with Gasteiger partial charge in [0.25, 0.3) is 0 Å². The summed E-state index contributed by atoms with van der Waals surface area (Å²) in [6.07, 6.45) is 8.67. The molecule has 132 valence electrons. The van der Waals surface area contributed by atoms with Crippen molar-refractivity contribution >= 4 is 11.6 Å². The lowest BCUT2D eigenvalue weighted by Gasteiger charge is -2.32. The van der Waals surface area contributed by atoms with Crippen LogP contribution in [0.3, 0.4) is 0 Å². The summed E-state index contributed by atoms with van der Waals surface area (Å²) in [5.41, 5.74) is 0.998. The van der Waals surface area contributed by atoms with E-state index in [9.17, 15) is 4.79 Å². The van der Waals surface area contributed by atoms with Gasteiger partial charge in [-0.05, 0) is 31.4 Å². The number of carbonyl (C=O) groups is 1. The molecule has 5 nitrogen and oxygen atoms in total. The highest BCUT2D eigenvalue weighted by atomic mass is 16.2. The van der Waals surface area contributed by atoms with Crippen LogP contribution < -0.4 is 4.90 Å². The van der Waals surface area contributed by atoms with E-state index >= 15 is 0 Å². The normalized spacial score (nSPS) is 26.1. The Balaban J connectivity index is 1.50. The Labute approximate surface area is 150 Å². The molecule has 2 saturated heterocycles. The number of nitrogens with zero attached hydrogens (tertiary/aromatic N) is 4. The van der Waals surface area contributed by atoms with Gasteiger partial charge in [-0.15, -0.1) is 0 Å². The molecule has 0 aromatic heterocycles. The molecule has 1 aromatic rings. The highest BCUT2D eigenvalue weighted by Gasteiger charge is 2.49. The first kappa shape index (κ1) is 16.5. The van der Waals surface area contributed by atoms with E-state index in [1.165, 1.54) is 6.42 Å². The van der Waals surface area contributed by atoms with Crippen LogP contribution in [0.1, 0.15) is 32.6 Å². The quantitative estimate of drug-likeness (QED) is 0.798. The maximum Gasteiger partial charge on any atom is 0.245 e. The second-order valence-electron chi connectivity index (χ2n) is 7.02. The van der Waals surface area contributed by atoms with Crippen molar-refractivity contribution in [3.63, 3.8) is 0 Å². The van der Waals surface area contributed by atoms with Gasteiger partial charge in [0.2, 0.25) is 12.6 Å². The molecule has 0 aliphatic carbocycles. The Morgan fingerprint density at radius 1 is 1.16 bits per heavy atom. The van der Waals surface area contributed by atoms with Gasteiger partial charge in [0.1, 0.15) is 6.17 Å². The number of unbranched alkanes of at least 4 members (excludes halogenated alkanes) is 1. The van der Waals surface area contributed by atoms with Crippen molar-refractivity contribution in [2.75, 3.05) is 24.5 Å². The fourth-order valence-corrected chi connectivity index (χ4v) is 4.06. The molecule has 4 rings (SSSR count). The molecule has 0 N–H and O–H groups in total. The molecule has 2 radical (unpaired) electrons. The molecule has 0 bridgehead atoms. The lowest BCUT2D eigenvalue weighted by Crippen LogP contribution is -2.46. The van der Waals surface area contributed by atoms with Crippen molar-refractivity contribution in [2.24, 2.45) is 0 Å². The fourth-order valence-electron chi connectivity index (χ4n) is 4.06. The minimum Gasteiger partial charge on any atom is -0.346 e. The van der Waals surface area contributed by atoms with Crippen LogP contribution in [0.2, 0.25) is 0 Å². The van der Waals surface area contributed by atoms with Crippen LogP contribution in [0.5, 0.6) is 0 Å². The van der Waals surface area contributed by atoms with Gasteiger partial charge in [0, 0.05) is 31.2 Å². The van der Waals surface area contributed by atoms with Gasteiger partial charge in [-0.3, -0.25) is 14.6 Å². The van der Waals surface area contributed by atoms with Gasteiger partial charge >= 0.3 is 0 Å². The number of benzene rings is 1. The zero-order valence-corrected chi connectivity index (χ0v) is 14.8. The Bertz CT molecular complexity index is 632. The first-order chi connectivity index (χ1) is 12.3. The molecule has 3 heterocycles. The molecule has 0 saturated carbocycles. The lowest BCUT2D eigenvalue weighted by molar-refractivity contribution is -0.119. The molecule has 1 amide bonds. The third kappa shape index (κ3) is 3.13. The molecule has 1 aromatic carbocycles. The smallest absolute Gasteiger partial charge is 0.245 e. The average Bonchev–Trinajstić information content (AvgIpc) is 3.33. The average molecular weight is 338 g/mol. The summed E-state index contributed by atoms with van der Waals surface area (Å²) >= 11 is 0. The molecule has 2 fully saturated rings. The number of hydrogen-bond acceptors (Lipinski definition) is 4. The van der Waals surface area contributed by atoms with Gasteiger partial charge in [-0.1, -0.05) is 31.5 Å². The molecular weight excluding hydrogens is 312 g/mol. The minimum atomic E-state index is 0.0491. The minimum absolute atomic E-state index is 0.0491. The largest absolute Gasteiger partial charge is 0.346 e. The number of anilines is 1. The molecule has 5 heteroatoms. The summed E-state index contributed by atoms with van der Waals surface area (Å²) in [5, 5.41) is 0. The van der Waals surface area contributed by atoms with Crippen molar-refractivity contribution < 1.29 is 4.79 Å². The summed E-state index contributed by atoms with van der Waals surface area (Å²) in [6, 6.07) is 10.1. The van der Waals surface area contributed by atoms with Crippen LogP contribution >= 0.6 is 0 Å². The summed E-state index contributed by atoms with van der Waals surface area (Å²) in [7, 11) is 0. The van der Waals surface area contributed by atoms with Crippen molar-refractivity contribution in [3.05, 3.63) is 49.4 Å². The molecule has 0 unspecified atom stereocenters. The molecule has 3 aliphatic heterocycles. The number of rotatable bonds is 6. The Hall–Kier alpha value is -2.01. The summed E-state index contributed by atoms with van der Waals surface area (Å²) in [4.78, 5) is 21.6. The van der Waals surface area contributed by atoms with Crippen LogP contribution in [-0.2, 0) is 4.79 Å². The van der Waals surface area contributed by atoms with Gasteiger partial charge in [0.15, 0.2) is 0 Å². The van der Waals surface area contributed by atoms with Gasteiger partial charge < -0.3 is 9.80 Å². The summed E-state index contributed by atoms with van der Waals surface area (Å²) < 4.78 is 0. The number of amides is 1. The van der Waals surface area contributed by atoms with E-state index in [-0.39, 0.29) is 18.1 Å². The van der Waals surface area contributed by atoms with E-state index in [1.807, 2.05) is 35.2 Å². The first-order valence-electron chi connectivity index (χ1n) is 9.39. The Kier molecular flexibility index (Phi) is 4.66. The number of hydrogen-bond donors (Lipinski definition) is 0. The van der Waals surface area contributed by atoms with Crippen molar-refractivity contribution in [2.45, 2.75) is 44.8 Å². The number of carbonyl (C=O) groups excluding carboxylic acids is 1. The zero-order chi connectivity index (χ0) is 17.2. The van der Waals surface area contributed by atoms with E-state index in [0.29, 0.717) is 0 Å². The maximum atomic E-state index is 13.0. The fraction of sp³-hybridized carbons (Fsp3) is 0.500. The van der Waals surface area contributed by atoms with Crippen LogP contribution in [0.15, 0.2) is 42.7 Å². The SMILES string of the molecule is CCCCN1[C]N(C[C@H]2N(c3ccccc3)C(=O)[C@@H]3CCCN32)C=C1. The Morgan fingerprint density at radius 3 is 2.76 bits per heavy atom. The molecule has 2 atom stereocenters. The topological polar surface area (TPSA) is 30.0 Å². The predicted molar refractivity (Wildman–Crippen MR) is 98.1 cm³/mol. The van der Waals surface area contributed by atoms with Gasteiger partial charge in [0.05, 0.1) is 12.6 Å². The first-order valence-corrected chi connectivity index (χ1v) is 9.39. The molecular formula is C20H26N4O. The lowest BCUT2D eigenvalue weighted by atomic mass is 10.2. The van der Waals surface area contributed by atoms with E-state index in [0.717, 1.165) is 44.6 Å². The second-order valence-corrected chi connectivity index (χ2v) is 7.02. The van der Waals surface area contributed by atoms with Crippen molar-refractivity contribution in [1.29, 1.82) is 0 Å². The zero-order valence-electron chi connectivity index (χ0n) is 14.8. The van der Waals surface area contributed by atoms with E-state index in [4.69, 9.17) is 0 Å². The molecule has 0 spiro atoms. The van der Waals surface area contributed by atoms with Crippen molar-refractivity contribution in [1.82, 2.24) is 14.7 Å². The Morgan fingerprint density at radius 2 is 1.96 bits per heavy atom. The van der Waals surface area contributed by atoms with Gasteiger partial charge in [-0.2, -0.15) is 0 Å². The summed E-state index contributed by atoms with van der Waals surface area (Å²) in [6.45, 7) is 8.38. The number of para-hydroxylation sites is 1. The third-order valence-corrected chi connectivity index (χ3v) is 5.33.